The number of rotatable bonds is 4. The molecular formula is C22H28F2N2O3S. The predicted molar refractivity (Wildman–Crippen MR) is 107 cm³/mol. The molecule has 164 valence electrons. The topological polar surface area (TPSA) is 66.5 Å². The van der Waals surface area contributed by atoms with E-state index in [0.717, 1.165) is 24.0 Å². The maximum absolute atomic E-state index is 14.0. The Balaban J connectivity index is 1.20. The van der Waals surface area contributed by atoms with Crippen molar-refractivity contribution in [3.05, 3.63) is 29.8 Å². The number of nitrogens with zero attached hydrogens (tertiary/aromatic N) is 1. The minimum Gasteiger partial charge on any atom is -0.353 e. The average Bonchev–Trinajstić information content (AvgIpc) is 2.70. The van der Waals surface area contributed by atoms with Gasteiger partial charge in [-0.1, -0.05) is 0 Å². The molecule has 0 unspecified atom stereocenters. The molecule has 4 aliphatic carbocycles. The lowest BCUT2D eigenvalue weighted by Gasteiger charge is -2.54. The molecule has 4 saturated carbocycles. The monoisotopic (exact) mass is 438 g/mol. The zero-order valence-corrected chi connectivity index (χ0v) is 17.7. The van der Waals surface area contributed by atoms with E-state index in [2.05, 4.69) is 5.32 Å². The number of halogens is 2. The third kappa shape index (κ3) is 3.55. The summed E-state index contributed by atoms with van der Waals surface area (Å²) in [4.78, 5) is 12.4. The molecule has 1 heterocycles. The molecule has 1 aromatic rings. The number of piperidine rings is 1. The van der Waals surface area contributed by atoms with Gasteiger partial charge in [-0.25, -0.2) is 17.2 Å². The minimum atomic E-state index is -4.04. The molecule has 1 amide bonds. The van der Waals surface area contributed by atoms with Crippen LogP contribution in [0.1, 0.15) is 44.9 Å². The Morgan fingerprint density at radius 2 is 1.57 bits per heavy atom. The van der Waals surface area contributed by atoms with Crippen LogP contribution in [0.5, 0.6) is 0 Å². The molecule has 5 aliphatic rings. The van der Waals surface area contributed by atoms with Crippen LogP contribution in [0.4, 0.5) is 8.78 Å². The summed E-state index contributed by atoms with van der Waals surface area (Å²) in [5, 5.41) is 3.32. The number of hydrogen-bond acceptors (Lipinski definition) is 3. The van der Waals surface area contributed by atoms with Gasteiger partial charge in [0.15, 0.2) is 0 Å². The molecule has 0 atom stereocenters. The summed E-state index contributed by atoms with van der Waals surface area (Å²) < 4.78 is 53.8. The van der Waals surface area contributed by atoms with E-state index in [0.29, 0.717) is 30.7 Å². The Morgan fingerprint density at radius 1 is 0.967 bits per heavy atom. The molecule has 8 heteroatoms. The summed E-state index contributed by atoms with van der Waals surface area (Å²) in [5.74, 6) is 0.827. The van der Waals surface area contributed by atoms with Crippen LogP contribution in [0.2, 0.25) is 0 Å². The molecule has 0 spiro atoms. The number of sulfonamides is 1. The quantitative estimate of drug-likeness (QED) is 0.784. The van der Waals surface area contributed by atoms with E-state index in [4.69, 9.17) is 0 Å². The van der Waals surface area contributed by atoms with Gasteiger partial charge >= 0.3 is 0 Å². The van der Waals surface area contributed by atoms with Gasteiger partial charge in [0.2, 0.25) is 15.9 Å². The normalized spacial score (nSPS) is 34.3. The van der Waals surface area contributed by atoms with Crippen molar-refractivity contribution in [3.8, 4) is 0 Å². The summed E-state index contributed by atoms with van der Waals surface area (Å²) >= 11 is 0. The van der Waals surface area contributed by atoms with Crippen molar-refractivity contribution in [2.75, 3.05) is 13.1 Å². The van der Waals surface area contributed by atoms with Crippen LogP contribution in [0.3, 0.4) is 0 Å². The molecule has 1 saturated heterocycles. The largest absolute Gasteiger partial charge is 0.353 e. The highest BCUT2D eigenvalue weighted by atomic mass is 32.2. The molecule has 5 fully saturated rings. The van der Waals surface area contributed by atoms with Crippen molar-refractivity contribution >= 4 is 15.9 Å². The molecule has 30 heavy (non-hydrogen) atoms. The van der Waals surface area contributed by atoms with E-state index >= 15 is 0 Å². The highest BCUT2D eigenvalue weighted by molar-refractivity contribution is 7.89. The predicted octanol–water partition coefficient (Wildman–Crippen LogP) is 3.31. The number of carbonyl (C=O) groups is 1. The van der Waals surface area contributed by atoms with E-state index in [1.807, 2.05) is 0 Å². The lowest BCUT2D eigenvalue weighted by Crippen LogP contribution is -2.57. The van der Waals surface area contributed by atoms with Gasteiger partial charge in [-0.2, -0.15) is 4.31 Å². The second-order valence-electron chi connectivity index (χ2n) is 9.72. The van der Waals surface area contributed by atoms with Crippen molar-refractivity contribution in [2.45, 2.75) is 55.9 Å². The average molecular weight is 439 g/mol. The highest BCUT2D eigenvalue weighted by Gasteiger charge is 2.49. The van der Waals surface area contributed by atoms with Crippen molar-refractivity contribution in [1.29, 1.82) is 0 Å². The van der Waals surface area contributed by atoms with Crippen LogP contribution in [-0.4, -0.2) is 37.8 Å². The van der Waals surface area contributed by atoms with Crippen LogP contribution in [-0.2, 0) is 14.8 Å². The zero-order valence-electron chi connectivity index (χ0n) is 16.9. The van der Waals surface area contributed by atoms with Crippen LogP contribution in [0, 0.1) is 41.2 Å². The van der Waals surface area contributed by atoms with E-state index in [1.165, 1.54) is 36.4 Å². The van der Waals surface area contributed by atoms with Gasteiger partial charge in [-0.05, 0) is 80.8 Å². The molecule has 4 bridgehead atoms. The molecule has 6 rings (SSSR count). The summed E-state index contributed by atoms with van der Waals surface area (Å²) in [6.45, 7) is 0.331. The van der Waals surface area contributed by atoms with E-state index in [9.17, 15) is 22.0 Å². The zero-order chi connectivity index (χ0) is 21.0. The molecule has 1 aliphatic heterocycles. The number of carbonyl (C=O) groups excluding carboxylic acids is 1. The summed E-state index contributed by atoms with van der Waals surface area (Å²) in [6.07, 6.45) is 7.14. The van der Waals surface area contributed by atoms with Gasteiger partial charge in [0.1, 0.15) is 16.5 Å². The Bertz CT molecular complexity index is 916. The fourth-order valence-corrected chi connectivity index (χ4v) is 8.14. The minimum absolute atomic E-state index is 0.0393. The lowest BCUT2D eigenvalue weighted by molar-refractivity contribution is -0.130. The van der Waals surface area contributed by atoms with E-state index < -0.39 is 26.6 Å². The summed E-state index contributed by atoms with van der Waals surface area (Å²) in [5.41, 5.74) is 0. The van der Waals surface area contributed by atoms with Crippen LogP contribution in [0.25, 0.3) is 0 Å². The highest BCUT2D eigenvalue weighted by Crippen LogP contribution is 2.53. The SMILES string of the molecule is O=C(NC1C2CC3CC(C2)CC1C3)C1CCN(S(=O)(=O)c2ccc(F)cc2F)CC1. The molecule has 5 nitrogen and oxygen atoms in total. The van der Waals surface area contributed by atoms with Gasteiger partial charge in [-0.3, -0.25) is 4.79 Å². The number of benzene rings is 1. The fourth-order valence-electron chi connectivity index (χ4n) is 6.62. The standard InChI is InChI=1S/C22H28F2N2O3S/c23-18-1-2-20(19(24)12-18)30(28,29)26-5-3-15(4-6-26)22(27)25-21-16-8-13-7-14(10-16)11-17(21)9-13/h1-2,12-17,21H,3-11H2,(H,25,27). The first kappa shape index (κ1) is 20.4. The van der Waals surface area contributed by atoms with Crippen molar-refractivity contribution in [2.24, 2.45) is 29.6 Å². The second kappa shape index (κ2) is 7.55. The second-order valence-corrected chi connectivity index (χ2v) is 11.6. The fraction of sp³-hybridized carbons (Fsp3) is 0.682. The Kier molecular flexibility index (Phi) is 5.13. The van der Waals surface area contributed by atoms with Crippen molar-refractivity contribution < 1.29 is 22.0 Å². The smallest absolute Gasteiger partial charge is 0.245 e. The van der Waals surface area contributed by atoms with Crippen molar-refractivity contribution in [1.82, 2.24) is 9.62 Å². The van der Waals surface area contributed by atoms with E-state index in [1.54, 1.807) is 0 Å². The van der Waals surface area contributed by atoms with E-state index in [-0.39, 0.29) is 31.0 Å². The Hall–Kier alpha value is -1.54. The number of hydrogen-bond donors (Lipinski definition) is 1. The van der Waals surface area contributed by atoms with Crippen LogP contribution >= 0.6 is 0 Å². The number of amides is 1. The molecular weight excluding hydrogens is 410 g/mol. The summed E-state index contributed by atoms with van der Waals surface area (Å²) in [6, 6.07) is 2.77. The maximum atomic E-state index is 14.0. The Morgan fingerprint density at radius 3 is 2.13 bits per heavy atom. The van der Waals surface area contributed by atoms with Gasteiger partial charge in [0.05, 0.1) is 0 Å². The molecule has 0 aromatic heterocycles. The summed E-state index contributed by atoms with van der Waals surface area (Å²) in [7, 11) is -4.04. The molecule has 1 N–H and O–H groups in total. The third-order valence-electron chi connectivity index (χ3n) is 7.87. The van der Waals surface area contributed by atoms with Gasteiger partial charge in [-0.15, -0.1) is 0 Å². The van der Waals surface area contributed by atoms with Crippen molar-refractivity contribution in [3.63, 3.8) is 0 Å². The van der Waals surface area contributed by atoms with Crippen LogP contribution in [0.15, 0.2) is 23.1 Å². The van der Waals surface area contributed by atoms with Gasteiger partial charge in [0, 0.05) is 31.1 Å². The third-order valence-corrected chi connectivity index (χ3v) is 9.80. The molecule has 0 radical (unpaired) electrons. The first-order chi connectivity index (χ1) is 14.3. The molecule has 1 aromatic carbocycles. The first-order valence-electron chi connectivity index (χ1n) is 11.1. The lowest BCUT2D eigenvalue weighted by atomic mass is 9.54. The number of nitrogens with one attached hydrogen (secondary N) is 1. The van der Waals surface area contributed by atoms with Gasteiger partial charge in [0.25, 0.3) is 0 Å². The first-order valence-corrected chi connectivity index (χ1v) is 12.5. The van der Waals surface area contributed by atoms with Crippen LogP contribution < -0.4 is 5.32 Å². The maximum Gasteiger partial charge on any atom is 0.245 e. The Labute approximate surface area is 176 Å². The van der Waals surface area contributed by atoms with Gasteiger partial charge < -0.3 is 5.32 Å².